The van der Waals surface area contributed by atoms with Gasteiger partial charge < -0.3 is 10.6 Å². The topological polar surface area (TPSA) is 41.1 Å². The lowest BCUT2D eigenvalue weighted by Crippen LogP contribution is -2.52. The van der Waals surface area contributed by atoms with E-state index in [1.807, 2.05) is 18.2 Å². The molecule has 0 spiro atoms. The lowest BCUT2D eigenvalue weighted by molar-refractivity contribution is -0.128. The molecule has 1 saturated heterocycles. The van der Waals surface area contributed by atoms with Gasteiger partial charge in [-0.1, -0.05) is 44.2 Å². The predicted molar refractivity (Wildman–Crippen MR) is 87.3 cm³/mol. The van der Waals surface area contributed by atoms with Crippen LogP contribution in [0.5, 0.6) is 0 Å². The molecule has 0 aromatic heterocycles. The highest BCUT2D eigenvalue weighted by atomic mass is 16.2. The number of piperidine rings is 1. The zero-order valence-corrected chi connectivity index (χ0v) is 13.5. The van der Waals surface area contributed by atoms with E-state index in [1.54, 1.807) is 0 Å². The molecular formula is C18H28N2O. The average Bonchev–Trinajstić information content (AvgIpc) is 2.50. The molecule has 0 saturated carbocycles. The van der Waals surface area contributed by atoms with Gasteiger partial charge in [-0.05, 0) is 44.7 Å². The second-order valence-corrected chi connectivity index (χ2v) is 6.21. The van der Waals surface area contributed by atoms with Gasteiger partial charge in [-0.2, -0.15) is 0 Å². The van der Waals surface area contributed by atoms with Crippen molar-refractivity contribution >= 4 is 5.91 Å². The van der Waals surface area contributed by atoms with Crippen LogP contribution < -0.4 is 10.6 Å². The molecule has 0 bridgehead atoms. The highest BCUT2D eigenvalue weighted by Crippen LogP contribution is 2.32. The van der Waals surface area contributed by atoms with Crippen molar-refractivity contribution in [2.45, 2.75) is 64.0 Å². The summed E-state index contributed by atoms with van der Waals surface area (Å²) in [6.45, 7) is 7.40. The summed E-state index contributed by atoms with van der Waals surface area (Å²) in [5.74, 6) is 0.192. The van der Waals surface area contributed by atoms with Crippen LogP contribution in [0.3, 0.4) is 0 Å². The highest BCUT2D eigenvalue weighted by molar-refractivity contribution is 5.88. The van der Waals surface area contributed by atoms with Crippen molar-refractivity contribution in [1.29, 1.82) is 0 Å². The Kier molecular flexibility index (Phi) is 5.40. The van der Waals surface area contributed by atoms with Crippen LogP contribution in [0.15, 0.2) is 30.3 Å². The molecule has 0 aliphatic carbocycles. The largest absolute Gasteiger partial charge is 0.352 e. The van der Waals surface area contributed by atoms with E-state index in [4.69, 9.17) is 0 Å². The predicted octanol–water partition coefficient (Wildman–Crippen LogP) is 3.00. The fraction of sp³-hybridized carbons (Fsp3) is 0.611. The second-order valence-electron chi connectivity index (χ2n) is 6.21. The fourth-order valence-corrected chi connectivity index (χ4v) is 3.45. The number of benzene rings is 1. The summed E-state index contributed by atoms with van der Waals surface area (Å²) in [6.07, 6.45) is 3.71. The summed E-state index contributed by atoms with van der Waals surface area (Å²) in [7, 11) is 0. The Labute approximate surface area is 128 Å². The Balaban J connectivity index is 2.16. The molecule has 3 nitrogen and oxygen atoms in total. The number of rotatable bonds is 5. The Hall–Kier alpha value is -1.35. The van der Waals surface area contributed by atoms with Gasteiger partial charge in [0.25, 0.3) is 0 Å². The lowest BCUT2D eigenvalue weighted by Gasteiger charge is -2.35. The molecule has 2 unspecified atom stereocenters. The van der Waals surface area contributed by atoms with E-state index in [0.717, 1.165) is 37.8 Å². The molecule has 21 heavy (non-hydrogen) atoms. The molecule has 1 amide bonds. The van der Waals surface area contributed by atoms with Crippen molar-refractivity contribution in [3.8, 4) is 0 Å². The van der Waals surface area contributed by atoms with Gasteiger partial charge >= 0.3 is 0 Å². The third kappa shape index (κ3) is 3.46. The molecule has 1 heterocycles. The van der Waals surface area contributed by atoms with E-state index in [2.05, 4.69) is 43.5 Å². The number of amides is 1. The van der Waals surface area contributed by atoms with Crippen molar-refractivity contribution in [2.24, 2.45) is 0 Å². The van der Waals surface area contributed by atoms with Crippen molar-refractivity contribution in [2.75, 3.05) is 6.54 Å². The zero-order chi connectivity index (χ0) is 15.3. The van der Waals surface area contributed by atoms with Gasteiger partial charge in [0.1, 0.15) is 0 Å². The Morgan fingerprint density at radius 3 is 2.52 bits per heavy atom. The first-order chi connectivity index (χ1) is 10.1. The number of carbonyl (C=O) groups excluding carboxylic acids is 1. The van der Waals surface area contributed by atoms with E-state index >= 15 is 0 Å². The molecule has 2 rings (SSSR count). The van der Waals surface area contributed by atoms with Crippen molar-refractivity contribution < 1.29 is 4.79 Å². The first-order valence-corrected chi connectivity index (χ1v) is 8.22. The van der Waals surface area contributed by atoms with Crippen LogP contribution in [0.25, 0.3) is 0 Å². The SMILES string of the molecule is CCC(CC)(C(=O)NC1CCNC(C)C1)c1ccccc1. The second kappa shape index (κ2) is 7.08. The standard InChI is InChI=1S/C18H28N2O/c1-4-18(5-2,15-9-7-6-8-10-15)17(21)20-16-11-12-19-14(3)13-16/h6-10,14,16,19H,4-5,11-13H2,1-3H3,(H,20,21). The van der Waals surface area contributed by atoms with Crippen molar-refractivity contribution in [1.82, 2.24) is 10.6 Å². The summed E-state index contributed by atoms with van der Waals surface area (Å²) in [5, 5.41) is 6.74. The number of hydrogen-bond donors (Lipinski definition) is 2. The quantitative estimate of drug-likeness (QED) is 0.874. The van der Waals surface area contributed by atoms with Crippen LogP contribution in [-0.2, 0) is 10.2 Å². The summed E-state index contributed by atoms with van der Waals surface area (Å²) in [6, 6.07) is 11.0. The summed E-state index contributed by atoms with van der Waals surface area (Å²) < 4.78 is 0. The Morgan fingerprint density at radius 2 is 1.95 bits per heavy atom. The van der Waals surface area contributed by atoms with Crippen LogP contribution in [0.1, 0.15) is 52.0 Å². The highest BCUT2D eigenvalue weighted by Gasteiger charge is 2.37. The number of carbonyl (C=O) groups is 1. The number of nitrogens with one attached hydrogen (secondary N) is 2. The van der Waals surface area contributed by atoms with E-state index in [-0.39, 0.29) is 5.91 Å². The van der Waals surface area contributed by atoms with Crippen molar-refractivity contribution in [3.63, 3.8) is 0 Å². The summed E-state index contributed by atoms with van der Waals surface area (Å²) in [4.78, 5) is 13.0. The zero-order valence-electron chi connectivity index (χ0n) is 13.5. The molecule has 3 heteroatoms. The third-order valence-electron chi connectivity index (χ3n) is 4.93. The van der Waals surface area contributed by atoms with Gasteiger partial charge in [-0.15, -0.1) is 0 Å². The molecule has 1 aliphatic rings. The Morgan fingerprint density at radius 1 is 1.29 bits per heavy atom. The minimum absolute atomic E-state index is 0.192. The van der Waals surface area contributed by atoms with Gasteiger partial charge in [0.15, 0.2) is 0 Å². The van der Waals surface area contributed by atoms with E-state index in [0.29, 0.717) is 12.1 Å². The first kappa shape index (κ1) is 16.0. The smallest absolute Gasteiger partial charge is 0.230 e. The monoisotopic (exact) mass is 288 g/mol. The minimum atomic E-state index is -0.393. The van der Waals surface area contributed by atoms with Gasteiger partial charge in [-0.3, -0.25) is 4.79 Å². The van der Waals surface area contributed by atoms with Crippen LogP contribution >= 0.6 is 0 Å². The molecule has 116 valence electrons. The first-order valence-electron chi connectivity index (χ1n) is 8.22. The molecule has 1 aromatic rings. The van der Waals surface area contributed by atoms with Crippen LogP contribution in [0, 0.1) is 0 Å². The summed E-state index contributed by atoms with van der Waals surface area (Å²) >= 11 is 0. The van der Waals surface area contributed by atoms with Gasteiger partial charge in [0.2, 0.25) is 5.91 Å². The van der Waals surface area contributed by atoms with Gasteiger partial charge in [0, 0.05) is 12.1 Å². The molecule has 1 aromatic carbocycles. The average molecular weight is 288 g/mol. The van der Waals surface area contributed by atoms with E-state index < -0.39 is 5.41 Å². The van der Waals surface area contributed by atoms with Crippen molar-refractivity contribution in [3.05, 3.63) is 35.9 Å². The van der Waals surface area contributed by atoms with Crippen LogP contribution in [0.4, 0.5) is 0 Å². The van der Waals surface area contributed by atoms with Gasteiger partial charge in [0.05, 0.1) is 5.41 Å². The maximum Gasteiger partial charge on any atom is 0.230 e. The maximum absolute atomic E-state index is 13.0. The Bertz CT molecular complexity index is 454. The third-order valence-corrected chi connectivity index (χ3v) is 4.93. The molecular weight excluding hydrogens is 260 g/mol. The minimum Gasteiger partial charge on any atom is -0.352 e. The molecule has 1 fully saturated rings. The fourth-order valence-electron chi connectivity index (χ4n) is 3.45. The lowest BCUT2D eigenvalue weighted by atomic mass is 9.74. The molecule has 2 N–H and O–H groups in total. The van der Waals surface area contributed by atoms with Crippen LogP contribution in [-0.4, -0.2) is 24.5 Å². The molecule has 0 radical (unpaired) electrons. The summed E-state index contributed by atoms with van der Waals surface area (Å²) in [5.41, 5.74) is 0.740. The molecule has 2 atom stereocenters. The maximum atomic E-state index is 13.0. The number of hydrogen-bond acceptors (Lipinski definition) is 2. The van der Waals surface area contributed by atoms with Crippen LogP contribution in [0.2, 0.25) is 0 Å². The van der Waals surface area contributed by atoms with E-state index in [1.165, 1.54) is 0 Å². The van der Waals surface area contributed by atoms with Gasteiger partial charge in [-0.25, -0.2) is 0 Å². The molecule has 1 aliphatic heterocycles. The normalized spacial score (nSPS) is 22.8. The van der Waals surface area contributed by atoms with E-state index in [9.17, 15) is 4.79 Å².